The number of halogens is 1. The van der Waals surface area contributed by atoms with E-state index < -0.39 is 6.10 Å². The summed E-state index contributed by atoms with van der Waals surface area (Å²) in [5.41, 5.74) is 3.10. The maximum absolute atomic E-state index is 12.8. The van der Waals surface area contributed by atoms with Crippen molar-refractivity contribution in [3.05, 3.63) is 64.4 Å². The fourth-order valence-electron chi connectivity index (χ4n) is 3.06. The van der Waals surface area contributed by atoms with Crippen molar-refractivity contribution >= 4 is 23.3 Å². The zero-order valence-corrected chi connectivity index (χ0v) is 17.8. The first-order valence-corrected chi connectivity index (χ1v) is 9.94. The number of hydrogen-bond acceptors (Lipinski definition) is 5. The number of ketones is 1. The molecule has 0 fully saturated rings. The summed E-state index contributed by atoms with van der Waals surface area (Å²) in [5.74, 6) is 0.433. The lowest BCUT2D eigenvalue weighted by atomic mass is 10.0. The molecule has 0 bridgehead atoms. The van der Waals surface area contributed by atoms with Gasteiger partial charge in [-0.3, -0.25) is 14.6 Å². The molecular formula is C23H23ClN2O4. The lowest BCUT2D eigenvalue weighted by Gasteiger charge is -2.08. The van der Waals surface area contributed by atoms with Crippen molar-refractivity contribution in [1.82, 2.24) is 10.3 Å². The number of benzene rings is 1. The van der Waals surface area contributed by atoms with Crippen LogP contribution < -0.4 is 5.32 Å². The Morgan fingerprint density at radius 1 is 1.23 bits per heavy atom. The summed E-state index contributed by atoms with van der Waals surface area (Å²) in [6.45, 7) is 5.09. The molecule has 3 aromatic rings. The molecule has 0 saturated heterocycles. The summed E-state index contributed by atoms with van der Waals surface area (Å²) in [5, 5.41) is 12.7. The molecule has 156 valence electrons. The molecule has 2 aromatic heterocycles. The highest BCUT2D eigenvalue weighted by atomic mass is 35.5. The summed E-state index contributed by atoms with van der Waals surface area (Å²) in [4.78, 5) is 28.6. The molecule has 0 saturated carbocycles. The van der Waals surface area contributed by atoms with E-state index in [1.807, 2.05) is 13.0 Å². The molecule has 1 aromatic carbocycles. The van der Waals surface area contributed by atoms with Crippen molar-refractivity contribution in [3.63, 3.8) is 0 Å². The third kappa shape index (κ3) is 4.96. The number of pyridine rings is 1. The molecule has 30 heavy (non-hydrogen) atoms. The number of carbonyl (C=O) groups is 2. The Hall–Kier alpha value is -2.96. The van der Waals surface area contributed by atoms with E-state index in [1.54, 1.807) is 43.5 Å². The number of rotatable bonds is 7. The first kappa shape index (κ1) is 21.7. The van der Waals surface area contributed by atoms with Gasteiger partial charge in [0.25, 0.3) is 5.91 Å². The molecule has 0 aliphatic heterocycles. The van der Waals surface area contributed by atoms with Crippen molar-refractivity contribution < 1.29 is 19.1 Å². The van der Waals surface area contributed by atoms with Gasteiger partial charge in [0.05, 0.1) is 16.7 Å². The van der Waals surface area contributed by atoms with Crippen LogP contribution in [0.4, 0.5) is 0 Å². The van der Waals surface area contributed by atoms with Gasteiger partial charge in [0, 0.05) is 36.0 Å². The van der Waals surface area contributed by atoms with Crippen molar-refractivity contribution in [3.8, 4) is 22.6 Å². The van der Waals surface area contributed by atoms with Gasteiger partial charge in [-0.05, 0) is 50.6 Å². The van der Waals surface area contributed by atoms with E-state index in [0.29, 0.717) is 33.4 Å². The summed E-state index contributed by atoms with van der Waals surface area (Å²) < 4.78 is 6.12. The average molecular weight is 427 g/mol. The standard InChI is InChI=1S/C23H23ClN2O4/c1-13-11-25-16(8-14(2)27)9-18(13)21-10-19(23(29)26-12-15(3)28)22(30-21)17-6-4-5-7-20(17)24/h4-7,9-11,15,28H,8,12H2,1-3H3,(H,26,29)/t15-/m1/s1. The van der Waals surface area contributed by atoms with E-state index in [1.165, 1.54) is 6.92 Å². The van der Waals surface area contributed by atoms with Crippen LogP contribution in [-0.2, 0) is 11.2 Å². The van der Waals surface area contributed by atoms with Gasteiger partial charge in [-0.25, -0.2) is 0 Å². The zero-order chi connectivity index (χ0) is 21.8. The van der Waals surface area contributed by atoms with Crippen molar-refractivity contribution in [2.24, 2.45) is 0 Å². The van der Waals surface area contributed by atoms with Crippen LogP contribution in [0, 0.1) is 6.92 Å². The largest absolute Gasteiger partial charge is 0.455 e. The Kier molecular flexibility index (Phi) is 6.70. The van der Waals surface area contributed by atoms with Gasteiger partial charge in [0.2, 0.25) is 0 Å². The van der Waals surface area contributed by atoms with Crippen LogP contribution in [0.25, 0.3) is 22.6 Å². The fourth-order valence-corrected chi connectivity index (χ4v) is 3.28. The number of nitrogens with one attached hydrogen (secondary N) is 1. The number of Topliss-reactive ketones (excluding diaryl/α,β-unsaturated/α-hetero) is 1. The van der Waals surface area contributed by atoms with Crippen molar-refractivity contribution in [2.75, 3.05) is 6.54 Å². The van der Waals surface area contributed by atoms with Crippen LogP contribution in [-0.4, -0.2) is 34.4 Å². The number of aryl methyl sites for hydroxylation is 1. The Morgan fingerprint density at radius 2 is 1.97 bits per heavy atom. The zero-order valence-electron chi connectivity index (χ0n) is 17.0. The van der Waals surface area contributed by atoms with Crippen LogP contribution >= 0.6 is 11.6 Å². The molecule has 6 nitrogen and oxygen atoms in total. The van der Waals surface area contributed by atoms with Gasteiger partial charge in [0.1, 0.15) is 17.3 Å². The lowest BCUT2D eigenvalue weighted by Crippen LogP contribution is -2.30. The molecule has 7 heteroatoms. The van der Waals surface area contributed by atoms with Crippen molar-refractivity contribution in [1.29, 1.82) is 0 Å². The van der Waals surface area contributed by atoms with E-state index in [9.17, 15) is 14.7 Å². The minimum atomic E-state index is -0.680. The van der Waals surface area contributed by atoms with Crippen LogP contribution in [0.5, 0.6) is 0 Å². The van der Waals surface area contributed by atoms with E-state index in [2.05, 4.69) is 10.3 Å². The van der Waals surface area contributed by atoms with Crippen molar-refractivity contribution in [2.45, 2.75) is 33.3 Å². The highest BCUT2D eigenvalue weighted by molar-refractivity contribution is 6.33. The number of aliphatic hydroxyl groups excluding tert-OH is 1. The highest BCUT2D eigenvalue weighted by Crippen LogP contribution is 2.37. The minimum absolute atomic E-state index is 0.00620. The van der Waals surface area contributed by atoms with Crippen LogP contribution in [0.2, 0.25) is 5.02 Å². The van der Waals surface area contributed by atoms with Gasteiger partial charge in [-0.2, -0.15) is 0 Å². The number of carbonyl (C=O) groups excluding carboxylic acids is 2. The quantitative estimate of drug-likeness (QED) is 0.590. The summed E-state index contributed by atoms with van der Waals surface area (Å²) in [6, 6.07) is 10.5. The third-order valence-electron chi connectivity index (χ3n) is 4.51. The second-order valence-electron chi connectivity index (χ2n) is 7.26. The van der Waals surface area contributed by atoms with Gasteiger partial charge < -0.3 is 14.8 Å². The molecule has 2 heterocycles. The Bertz CT molecular complexity index is 1090. The number of nitrogens with zero attached hydrogens (tertiary/aromatic N) is 1. The molecular weight excluding hydrogens is 404 g/mol. The molecule has 0 aliphatic rings. The molecule has 1 amide bonds. The molecule has 0 radical (unpaired) electrons. The monoisotopic (exact) mass is 426 g/mol. The maximum atomic E-state index is 12.8. The van der Waals surface area contributed by atoms with E-state index in [-0.39, 0.29) is 24.7 Å². The highest BCUT2D eigenvalue weighted by Gasteiger charge is 2.23. The third-order valence-corrected chi connectivity index (χ3v) is 4.84. The Balaban J connectivity index is 2.11. The first-order chi connectivity index (χ1) is 14.3. The van der Waals surface area contributed by atoms with E-state index in [0.717, 1.165) is 11.1 Å². The number of furan rings is 1. The number of hydrogen-bond donors (Lipinski definition) is 2. The lowest BCUT2D eigenvalue weighted by molar-refractivity contribution is -0.116. The smallest absolute Gasteiger partial charge is 0.255 e. The molecule has 2 N–H and O–H groups in total. The number of aliphatic hydroxyl groups is 1. The predicted octanol–water partition coefficient (Wildman–Crippen LogP) is 4.21. The number of amides is 1. The predicted molar refractivity (Wildman–Crippen MR) is 116 cm³/mol. The summed E-state index contributed by atoms with van der Waals surface area (Å²) >= 11 is 6.35. The number of aromatic nitrogens is 1. The van der Waals surface area contributed by atoms with Crippen LogP contribution in [0.15, 0.2) is 47.0 Å². The Labute approximate surface area is 179 Å². The Morgan fingerprint density at radius 3 is 2.63 bits per heavy atom. The minimum Gasteiger partial charge on any atom is -0.455 e. The molecule has 1 atom stereocenters. The van der Waals surface area contributed by atoms with Gasteiger partial charge in [-0.15, -0.1) is 0 Å². The SMILES string of the molecule is CC(=O)Cc1cc(-c2cc(C(=O)NC[C@@H](C)O)c(-c3ccccc3Cl)o2)c(C)cn1. The average Bonchev–Trinajstić information content (AvgIpc) is 3.12. The van der Waals surface area contributed by atoms with Gasteiger partial charge in [0.15, 0.2) is 0 Å². The van der Waals surface area contributed by atoms with E-state index in [4.69, 9.17) is 16.0 Å². The summed E-state index contributed by atoms with van der Waals surface area (Å²) in [7, 11) is 0. The second-order valence-corrected chi connectivity index (χ2v) is 7.67. The molecule has 0 spiro atoms. The van der Waals surface area contributed by atoms with Crippen LogP contribution in [0.1, 0.15) is 35.5 Å². The molecule has 0 aliphatic carbocycles. The molecule has 3 rings (SSSR count). The fraction of sp³-hybridized carbons (Fsp3) is 0.261. The molecule has 0 unspecified atom stereocenters. The normalized spacial score (nSPS) is 11.9. The van der Waals surface area contributed by atoms with Gasteiger partial charge >= 0.3 is 0 Å². The van der Waals surface area contributed by atoms with Crippen LogP contribution in [0.3, 0.4) is 0 Å². The summed E-state index contributed by atoms with van der Waals surface area (Å²) in [6.07, 6.45) is 1.21. The maximum Gasteiger partial charge on any atom is 0.255 e. The second kappa shape index (κ2) is 9.24. The topological polar surface area (TPSA) is 92.4 Å². The van der Waals surface area contributed by atoms with Gasteiger partial charge in [-0.1, -0.05) is 23.7 Å². The van der Waals surface area contributed by atoms with E-state index >= 15 is 0 Å². The first-order valence-electron chi connectivity index (χ1n) is 9.56.